The van der Waals surface area contributed by atoms with Crippen LogP contribution in [0.5, 0.6) is 0 Å². The van der Waals surface area contributed by atoms with Crippen LogP contribution in [0.25, 0.3) is 11.3 Å². The molecule has 1 aliphatic heterocycles. The van der Waals surface area contributed by atoms with Crippen LogP contribution >= 0.6 is 0 Å². The molecule has 0 saturated carbocycles. The van der Waals surface area contributed by atoms with E-state index in [1.54, 1.807) is 15.8 Å². The average Bonchev–Trinajstić information content (AvgIpc) is 3.03. The van der Waals surface area contributed by atoms with Crippen LogP contribution in [-0.2, 0) is 11.8 Å². The van der Waals surface area contributed by atoms with Gasteiger partial charge < -0.3 is 15.3 Å². The van der Waals surface area contributed by atoms with Gasteiger partial charge in [-0.15, -0.1) is 0 Å². The van der Waals surface area contributed by atoms with Gasteiger partial charge in [0.25, 0.3) is 0 Å². The third kappa shape index (κ3) is 3.65. The highest BCUT2D eigenvalue weighted by molar-refractivity contribution is 5.91. The summed E-state index contributed by atoms with van der Waals surface area (Å²) in [5.41, 5.74) is 3.59. The van der Waals surface area contributed by atoms with Crippen molar-refractivity contribution in [2.75, 3.05) is 18.4 Å². The molecule has 0 bridgehead atoms. The first-order chi connectivity index (χ1) is 12.0. The van der Waals surface area contributed by atoms with Crippen LogP contribution in [0.1, 0.15) is 18.4 Å². The standard InChI is InChI=1S/C18H22N4O3/c1-12-5-6-13(16-7-8-19-21(16)2)10-15(12)20-18(25)22-9-3-4-14(11-22)17(23)24/h5-8,10,14H,3-4,9,11H2,1-2H3,(H,20,25)(H,23,24). The molecule has 0 aliphatic carbocycles. The number of carbonyl (C=O) groups is 2. The number of urea groups is 1. The number of nitrogens with one attached hydrogen (secondary N) is 1. The number of rotatable bonds is 3. The molecule has 3 rings (SSSR count). The number of carboxylic acid groups (broad SMARTS) is 1. The zero-order valence-electron chi connectivity index (χ0n) is 14.4. The van der Waals surface area contributed by atoms with Crippen molar-refractivity contribution in [2.45, 2.75) is 19.8 Å². The highest BCUT2D eigenvalue weighted by Crippen LogP contribution is 2.26. The highest BCUT2D eigenvalue weighted by atomic mass is 16.4. The summed E-state index contributed by atoms with van der Waals surface area (Å²) in [5, 5.41) is 16.3. The fraction of sp³-hybridized carbons (Fsp3) is 0.389. The SMILES string of the molecule is Cc1ccc(-c2ccnn2C)cc1NC(=O)N1CCCC(C(=O)O)C1. The normalized spacial score (nSPS) is 17.4. The largest absolute Gasteiger partial charge is 0.481 e. The number of hydrogen-bond donors (Lipinski definition) is 2. The van der Waals surface area contributed by atoms with E-state index in [1.807, 2.05) is 38.2 Å². The van der Waals surface area contributed by atoms with Gasteiger partial charge in [0, 0.05) is 37.6 Å². The second-order valence-corrected chi connectivity index (χ2v) is 6.42. The summed E-state index contributed by atoms with van der Waals surface area (Å²) in [6.07, 6.45) is 3.06. The van der Waals surface area contributed by atoms with Gasteiger partial charge in [0.15, 0.2) is 0 Å². The molecule has 1 aromatic carbocycles. The number of carbonyl (C=O) groups excluding carboxylic acids is 1. The van der Waals surface area contributed by atoms with E-state index in [9.17, 15) is 14.7 Å². The van der Waals surface area contributed by atoms with E-state index in [1.165, 1.54) is 0 Å². The number of aliphatic carboxylic acids is 1. The molecule has 0 radical (unpaired) electrons. The van der Waals surface area contributed by atoms with Crippen molar-refractivity contribution in [2.24, 2.45) is 13.0 Å². The van der Waals surface area contributed by atoms with Gasteiger partial charge in [-0.1, -0.05) is 12.1 Å². The first kappa shape index (κ1) is 17.0. The molecule has 1 unspecified atom stereocenters. The number of hydrogen-bond acceptors (Lipinski definition) is 3. The van der Waals surface area contributed by atoms with Crippen molar-refractivity contribution in [3.05, 3.63) is 36.0 Å². The summed E-state index contributed by atoms with van der Waals surface area (Å²) >= 11 is 0. The maximum absolute atomic E-state index is 12.6. The van der Waals surface area contributed by atoms with Crippen molar-refractivity contribution < 1.29 is 14.7 Å². The molecule has 2 N–H and O–H groups in total. The number of anilines is 1. The third-order valence-electron chi connectivity index (χ3n) is 4.65. The van der Waals surface area contributed by atoms with Gasteiger partial charge in [0.2, 0.25) is 0 Å². The molecular weight excluding hydrogens is 320 g/mol. The van der Waals surface area contributed by atoms with E-state index in [0.717, 1.165) is 22.5 Å². The predicted molar refractivity (Wildman–Crippen MR) is 94.3 cm³/mol. The number of aromatic nitrogens is 2. The van der Waals surface area contributed by atoms with Crippen molar-refractivity contribution in [3.63, 3.8) is 0 Å². The first-order valence-corrected chi connectivity index (χ1v) is 8.33. The van der Waals surface area contributed by atoms with Gasteiger partial charge in [0.05, 0.1) is 11.6 Å². The van der Waals surface area contributed by atoms with Gasteiger partial charge in [-0.2, -0.15) is 5.10 Å². The Morgan fingerprint density at radius 1 is 1.32 bits per heavy atom. The Morgan fingerprint density at radius 2 is 2.12 bits per heavy atom. The van der Waals surface area contributed by atoms with E-state index in [-0.39, 0.29) is 12.6 Å². The van der Waals surface area contributed by atoms with Crippen LogP contribution in [0.2, 0.25) is 0 Å². The van der Waals surface area contributed by atoms with Crippen molar-refractivity contribution in [3.8, 4) is 11.3 Å². The number of carboxylic acids is 1. The topological polar surface area (TPSA) is 87.5 Å². The van der Waals surface area contributed by atoms with Crippen LogP contribution in [-0.4, -0.2) is 44.9 Å². The fourth-order valence-corrected chi connectivity index (χ4v) is 3.13. The summed E-state index contributed by atoms with van der Waals surface area (Å²) in [5.74, 6) is -1.33. The number of benzene rings is 1. The Morgan fingerprint density at radius 3 is 2.80 bits per heavy atom. The third-order valence-corrected chi connectivity index (χ3v) is 4.65. The second-order valence-electron chi connectivity index (χ2n) is 6.42. The molecule has 7 nitrogen and oxygen atoms in total. The molecular formula is C18H22N4O3. The van der Waals surface area contributed by atoms with E-state index in [4.69, 9.17) is 0 Å². The summed E-state index contributed by atoms with van der Waals surface area (Å²) in [4.78, 5) is 25.3. The van der Waals surface area contributed by atoms with Crippen molar-refractivity contribution >= 4 is 17.7 Å². The lowest BCUT2D eigenvalue weighted by molar-refractivity contribution is -0.143. The maximum atomic E-state index is 12.6. The summed E-state index contributed by atoms with van der Waals surface area (Å²) in [6.45, 7) is 2.76. The molecule has 1 saturated heterocycles. The van der Waals surface area contributed by atoms with E-state index < -0.39 is 11.9 Å². The number of aryl methyl sites for hydroxylation is 2. The zero-order valence-corrected chi connectivity index (χ0v) is 14.4. The minimum absolute atomic E-state index is 0.252. The van der Waals surface area contributed by atoms with Gasteiger partial charge in [-0.25, -0.2) is 4.79 Å². The minimum Gasteiger partial charge on any atom is -0.481 e. The number of nitrogens with zero attached hydrogens (tertiary/aromatic N) is 3. The summed E-state index contributed by atoms with van der Waals surface area (Å²) < 4.78 is 1.78. The molecule has 1 aliphatic rings. The molecule has 132 valence electrons. The summed E-state index contributed by atoms with van der Waals surface area (Å²) in [7, 11) is 1.87. The molecule has 0 spiro atoms. The molecule has 1 fully saturated rings. The van der Waals surface area contributed by atoms with Crippen LogP contribution in [0.4, 0.5) is 10.5 Å². The van der Waals surface area contributed by atoms with Gasteiger partial charge >= 0.3 is 12.0 Å². The number of likely N-dealkylation sites (tertiary alicyclic amines) is 1. The maximum Gasteiger partial charge on any atom is 0.321 e. The molecule has 1 atom stereocenters. The Kier molecular flexibility index (Phi) is 4.74. The average molecular weight is 342 g/mol. The van der Waals surface area contributed by atoms with Gasteiger partial charge in [-0.3, -0.25) is 9.48 Å². The molecule has 2 aromatic rings. The Balaban J connectivity index is 1.77. The quantitative estimate of drug-likeness (QED) is 0.898. The highest BCUT2D eigenvalue weighted by Gasteiger charge is 2.28. The molecule has 2 heterocycles. The minimum atomic E-state index is -0.841. The van der Waals surface area contributed by atoms with Crippen LogP contribution in [0, 0.1) is 12.8 Å². The number of piperidine rings is 1. The van der Waals surface area contributed by atoms with E-state index in [2.05, 4.69) is 10.4 Å². The second kappa shape index (κ2) is 6.96. The van der Waals surface area contributed by atoms with Crippen LogP contribution < -0.4 is 5.32 Å². The monoisotopic (exact) mass is 342 g/mol. The van der Waals surface area contributed by atoms with E-state index in [0.29, 0.717) is 19.4 Å². The zero-order chi connectivity index (χ0) is 18.0. The molecule has 2 amide bonds. The molecule has 1 aromatic heterocycles. The Labute approximate surface area is 146 Å². The first-order valence-electron chi connectivity index (χ1n) is 8.33. The van der Waals surface area contributed by atoms with Crippen molar-refractivity contribution in [1.82, 2.24) is 14.7 Å². The van der Waals surface area contributed by atoms with E-state index >= 15 is 0 Å². The molecule has 25 heavy (non-hydrogen) atoms. The Hall–Kier alpha value is -2.83. The number of amides is 2. The lowest BCUT2D eigenvalue weighted by atomic mass is 9.99. The smallest absolute Gasteiger partial charge is 0.321 e. The predicted octanol–water partition coefficient (Wildman–Crippen LogP) is 2.72. The van der Waals surface area contributed by atoms with Crippen molar-refractivity contribution in [1.29, 1.82) is 0 Å². The lowest BCUT2D eigenvalue weighted by Gasteiger charge is -2.31. The Bertz CT molecular complexity index is 799. The van der Waals surface area contributed by atoms with Gasteiger partial charge in [-0.05, 0) is 37.5 Å². The van der Waals surface area contributed by atoms with Crippen LogP contribution in [0.3, 0.4) is 0 Å². The lowest BCUT2D eigenvalue weighted by Crippen LogP contribution is -2.44. The van der Waals surface area contributed by atoms with Gasteiger partial charge in [0.1, 0.15) is 0 Å². The van der Waals surface area contributed by atoms with Crippen LogP contribution in [0.15, 0.2) is 30.5 Å². The summed E-state index contributed by atoms with van der Waals surface area (Å²) in [6, 6.07) is 7.52. The molecule has 7 heteroatoms. The fourth-order valence-electron chi connectivity index (χ4n) is 3.13.